The number of likely N-dealkylation sites (tertiary alicyclic amines) is 1. The standard InChI is InChI=1S/C17H23NO2/c1-11-8-12(2)16(13(3)9-11)17(20)18-7-5-6-15(18)10-14(4)19/h8-9,15H,5-7,10H2,1-4H3. The summed E-state index contributed by atoms with van der Waals surface area (Å²) in [6.07, 6.45) is 2.42. The van der Waals surface area contributed by atoms with Crippen molar-refractivity contribution in [1.82, 2.24) is 4.90 Å². The molecule has 0 aliphatic carbocycles. The number of hydrogen-bond donors (Lipinski definition) is 0. The summed E-state index contributed by atoms with van der Waals surface area (Å²) < 4.78 is 0. The molecule has 1 unspecified atom stereocenters. The number of ketones is 1. The molecule has 0 bridgehead atoms. The lowest BCUT2D eigenvalue weighted by molar-refractivity contribution is -0.117. The van der Waals surface area contributed by atoms with E-state index in [0.717, 1.165) is 36.1 Å². The first-order chi connectivity index (χ1) is 9.40. The molecule has 1 amide bonds. The SMILES string of the molecule is CC(=O)CC1CCCN1C(=O)c1c(C)cc(C)cc1C. The van der Waals surface area contributed by atoms with Crippen molar-refractivity contribution in [2.75, 3.05) is 6.54 Å². The van der Waals surface area contributed by atoms with Crippen molar-refractivity contribution in [1.29, 1.82) is 0 Å². The van der Waals surface area contributed by atoms with Crippen LogP contribution in [0.5, 0.6) is 0 Å². The van der Waals surface area contributed by atoms with Gasteiger partial charge in [0.1, 0.15) is 5.78 Å². The summed E-state index contributed by atoms with van der Waals surface area (Å²) in [6, 6.07) is 4.19. The first kappa shape index (κ1) is 14.8. The van der Waals surface area contributed by atoms with E-state index in [0.29, 0.717) is 6.42 Å². The summed E-state index contributed by atoms with van der Waals surface area (Å²) in [4.78, 5) is 26.0. The molecule has 1 aliphatic rings. The lowest BCUT2D eigenvalue weighted by atomic mass is 9.98. The summed E-state index contributed by atoms with van der Waals surface area (Å²) in [5.74, 6) is 0.246. The summed E-state index contributed by atoms with van der Waals surface area (Å²) in [5.41, 5.74) is 4.05. The normalized spacial score (nSPS) is 18.4. The number of nitrogens with zero attached hydrogens (tertiary/aromatic N) is 1. The van der Waals surface area contributed by atoms with Crippen molar-refractivity contribution in [3.05, 3.63) is 34.4 Å². The van der Waals surface area contributed by atoms with Gasteiger partial charge in [0.15, 0.2) is 0 Å². The summed E-state index contributed by atoms with van der Waals surface area (Å²) in [6.45, 7) is 8.39. The Balaban J connectivity index is 2.29. The van der Waals surface area contributed by atoms with Crippen LogP contribution in [0.4, 0.5) is 0 Å². The van der Waals surface area contributed by atoms with Gasteiger partial charge in [0.2, 0.25) is 0 Å². The molecule has 0 radical (unpaired) electrons. The summed E-state index contributed by atoms with van der Waals surface area (Å²) in [5, 5.41) is 0. The molecule has 0 spiro atoms. The second kappa shape index (κ2) is 5.78. The van der Waals surface area contributed by atoms with E-state index in [-0.39, 0.29) is 17.7 Å². The van der Waals surface area contributed by atoms with Gasteiger partial charge in [-0.25, -0.2) is 0 Å². The summed E-state index contributed by atoms with van der Waals surface area (Å²) >= 11 is 0. The van der Waals surface area contributed by atoms with Gasteiger partial charge in [-0.15, -0.1) is 0 Å². The Morgan fingerprint density at radius 3 is 2.35 bits per heavy atom. The van der Waals surface area contributed by atoms with Gasteiger partial charge in [0.25, 0.3) is 5.91 Å². The van der Waals surface area contributed by atoms with E-state index >= 15 is 0 Å². The highest BCUT2D eigenvalue weighted by Crippen LogP contribution is 2.26. The number of hydrogen-bond acceptors (Lipinski definition) is 2. The zero-order valence-corrected chi connectivity index (χ0v) is 12.8. The maximum Gasteiger partial charge on any atom is 0.254 e. The summed E-state index contributed by atoms with van der Waals surface area (Å²) in [7, 11) is 0. The zero-order chi connectivity index (χ0) is 14.9. The van der Waals surface area contributed by atoms with Crippen LogP contribution in [0, 0.1) is 20.8 Å². The molecule has 1 aromatic carbocycles. The molecule has 0 aromatic heterocycles. The average Bonchev–Trinajstić information content (AvgIpc) is 2.74. The van der Waals surface area contributed by atoms with E-state index < -0.39 is 0 Å². The second-order valence-electron chi connectivity index (χ2n) is 5.97. The monoisotopic (exact) mass is 273 g/mol. The number of amides is 1. The van der Waals surface area contributed by atoms with Crippen molar-refractivity contribution in [3.8, 4) is 0 Å². The largest absolute Gasteiger partial charge is 0.335 e. The molecule has 1 heterocycles. The topological polar surface area (TPSA) is 37.4 Å². The predicted octanol–water partition coefficient (Wildman–Crippen LogP) is 3.20. The molecule has 1 aromatic rings. The highest BCUT2D eigenvalue weighted by molar-refractivity contribution is 5.97. The number of aryl methyl sites for hydroxylation is 3. The van der Waals surface area contributed by atoms with Crippen LogP contribution in [-0.2, 0) is 4.79 Å². The first-order valence-electron chi connectivity index (χ1n) is 7.28. The lowest BCUT2D eigenvalue weighted by Crippen LogP contribution is -2.37. The van der Waals surface area contributed by atoms with E-state index in [1.54, 1.807) is 6.92 Å². The maximum absolute atomic E-state index is 12.8. The first-order valence-corrected chi connectivity index (χ1v) is 7.28. The molecule has 3 heteroatoms. The van der Waals surface area contributed by atoms with Crippen LogP contribution in [-0.4, -0.2) is 29.2 Å². The molecule has 108 valence electrons. The minimum atomic E-state index is 0.0834. The Labute approximate surface area is 121 Å². The minimum absolute atomic E-state index is 0.0834. The van der Waals surface area contributed by atoms with Crippen molar-refractivity contribution in [2.45, 2.75) is 53.0 Å². The minimum Gasteiger partial charge on any atom is -0.335 e. The molecule has 3 nitrogen and oxygen atoms in total. The van der Waals surface area contributed by atoms with Gasteiger partial charge in [0.05, 0.1) is 0 Å². The number of rotatable bonds is 3. The smallest absolute Gasteiger partial charge is 0.254 e. The zero-order valence-electron chi connectivity index (χ0n) is 12.8. The Kier molecular flexibility index (Phi) is 4.26. The number of carbonyl (C=O) groups excluding carboxylic acids is 2. The van der Waals surface area contributed by atoms with Crippen molar-refractivity contribution >= 4 is 11.7 Å². The number of carbonyl (C=O) groups is 2. The van der Waals surface area contributed by atoms with Crippen molar-refractivity contribution in [3.63, 3.8) is 0 Å². The fourth-order valence-electron chi connectivity index (χ4n) is 3.31. The molecular weight excluding hydrogens is 250 g/mol. The van der Waals surface area contributed by atoms with Crippen molar-refractivity contribution < 1.29 is 9.59 Å². The van der Waals surface area contributed by atoms with Gasteiger partial charge in [-0.05, 0) is 51.7 Å². The van der Waals surface area contributed by atoms with Crippen molar-refractivity contribution in [2.24, 2.45) is 0 Å². The van der Waals surface area contributed by atoms with Crippen LogP contribution in [0.25, 0.3) is 0 Å². The fourth-order valence-corrected chi connectivity index (χ4v) is 3.31. The molecular formula is C17H23NO2. The van der Waals surface area contributed by atoms with Gasteiger partial charge in [-0.1, -0.05) is 17.7 Å². The Morgan fingerprint density at radius 1 is 1.20 bits per heavy atom. The van der Waals surface area contributed by atoms with Crippen LogP contribution >= 0.6 is 0 Å². The third-order valence-electron chi connectivity index (χ3n) is 4.05. The predicted molar refractivity (Wildman–Crippen MR) is 80.0 cm³/mol. The number of benzene rings is 1. The maximum atomic E-state index is 12.8. The van der Waals surface area contributed by atoms with Crippen LogP contribution in [0.2, 0.25) is 0 Å². The Bertz CT molecular complexity index is 525. The molecule has 0 saturated carbocycles. The van der Waals surface area contributed by atoms with Gasteiger partial charge in [-0.2, -0.15) is 0 Å². The fraction of sp³-hybridized carbons (Fsp3) is 0.529. The van der Waals surface area contributed by atoms with E-state index in [4.69, 9.17) is 0 Å². The highest BCUT2D eigenvalue weighted by Gasteiger charge is 2.31. The average molecular weight is 273 g/mol. The number of Topliss-reactive ketones (excluding diaryl/α,β-unsaturated/α-hetero) is 1. The molecule has 2 rings (SSSR count). The molecule has 1 aliphatic heterocycles. The molecule has 1 atom stereocenters. The molecule has 1 saturated heterocycles. The lowest BCUT2D eigenvalue weighted by Gasteiger charge is -2.25. The van der Waals surface area contributed by atoms with Crippen LogP contribution in [0.15, 0.2) is 12.1 Å². The Morgan fingerprint density at radius 2 is 1.80 bits per heavy atom. The third-order valence-corrected chi connectivity index (χ3v) is 4.05. The van der Waals surface area contributed by atoms with E-state index in [2.05, 4.69) is 12.1 Å². The van der Waals surface area contributed by atoms with Gasteiger partial charge >= 0.3 is 0 Å². The van der Waals surface area contributed by atoms with E-state index in [1.165, 1.54) is 5.56 Å². The quantitative estimate of drug-likeness (QED) is 0.848. The molecule has 0 N–H and O–H groups in total. The van der Waals surface area contributed by atoms with Crippen LogP contribution in [0.1, 0.15) is 53.2 Å². The Hall–Kier alpha value is -1.64. The van der Waals surface area contributed by atoms with Crippen LogP contribution < -0.4 is 0 Å². The molecule has 20 heavy (non-hydrogen) atoms. The van der Waals surface area contributed by atoms with Gasteiger partial charge in [-0.3, -0.25) is 9.59 Å². The van der Waals surface area contributed by atoms with Crippen LogP contribution in [0.3, 0.4) is 0 Å². The highest BCUT2D eigenvalue weighted by atomic mass is 16.2. The van der Waals surface area contributed by atoms with E-state index in [9.17, 15) is 9.59 Å². The van der Waals surface area contributed by atoms with Gasteiger partial charge < -0.3 is 4.90 Å². The molecule has 1 fully saturated rings. The third kappa shape index (κ3) is 2.92. The van der Waals surface area contributed by atoms with E-state index in [1.807, 2.05) is 25.7 Å². The van der Waals surface area contributed by atoms with Gasteiger partial charge in [0, 0.05) is 24.6 Å². The second-order valence-corrected chi connectivity index (χ2v) is 5.97.